The van der Waals surface area contributed by atoms with Crippen LogP contribution in [0.4, 0.5) is 0 Å². The molecule has 1 atom stereocenters. The molecule has 2 rings (SSSR count). The SMILES string of the molecule is CC1(C)CC1C(=O)N(CCCN)Cc1ccccc1.Cl. The number of rotatable bonds is 6. The largest absolute Gasteiger partial charge is 0.338 e. The van der Waals surface area contributed by atoms with Crippen LogP contribution in [-0.4, -0.2) is 23.9 Å². The fraction of sp³-hybridized carbons (Fsp3) is 0.562. The highest BCUT2D eigenvalue weighted by molar-refractivity contribution is 5.85. The van der Waals surface area contributed by atoms with Crippen molar-refractivity contribution >= 4 is 18.3 Å². The zero-order valence-corrected chi connectivity index (χ0v) is 13.2. The number of halogens is 1. The Hall–Kier alpha value is -1.06. The predicted molar refractivity (Wildman–Crippen MR) is 84.7 cm³/mol. The molecule has 0 spiro atoms. The number of benzene rings is 1. The monoisotopic (exact) mass is 296 g/mol. The van der Waals surface area contributed by atoms with E-state index < -0.39 is 0 Å². The highest BCUT2D eigenvalue weighted by atomic mass is 35.5. The molecule has 1 saturated carbocycles. The molecule has 112 valence electrons. The Morgan fingerprint density at radius 2 is 1.95 bits per heavy atom. The van der Waals surface area contributed by atoms with Crippen molar-refractivity contribution in [2.45, 2.75) is 33.2 Å². The summed E-state index contributed by atoms with van der Waals surface area (Å²) in [7, 11) is 0. The maximum Gasteiger partial charge on any atom is 0.226 e. The van der Waals surface area contributed by atoms with Crippen LogP contribution in [0.1, 0.15) is 32.3 Å². The summed E-state index contributed by atoms with van der Waals surface area (Å²) < 4.78 is 0. The second-order valence-electron chi connectivity index (χ2n) is 6.13. The Morgan fingerprint density at radius 1 is 1.35 bits per heavy atom. The molecule has 20 heavy (non-hydrogen) atoms. The third-order valence-corrected chi connectivity index (χ3v) is 3.97. The summed E-state index contributed by atoms with van der Waals surface area (Å²) in [6, 6.07) is 10.2. The van der Waals surface area contributed by atoms with E-state index in [1.54, 1.807) is 0 Å². The second kappa shape index (κ2) is 7.09. The lowest BCUT2D eigenvalue weighted by Crippen LogP contribution is -2.34. The van der Waals surface area contributed by atoms with Crippen molar-refractivity contribution in [3.05, 3.63) is 35.9 Å². The van der Waals surface area contributed by atoms with E-state index in [2.05, 4.69) is 26.0 Å². The standard InChI is InChI=1S/C16H24N2O.ClH/c1-16(2)11-14(16)15(19)18(10-6-9-17)12-13-7-4-3-5-8-13;/h3-5,7-8,14H,6,9-12,17H2,1-2H3;1H. The Morgan fingerprint density at radius 3 is 2.45 bits per heavy atom. The average Bonchev–Trinajstić information content (AvgIpc) is 3.04. The molecule has 1 amide bonds. The third-order valence-electron chi connectivity index (χ3n) is 3.97. The minimum atomic E-state index is 0. The number of hydrogen-bond acceptors (Lipinski definition) is 2. The van der Waals surface area contributed by atoms with Gasteiger partial charge < -0.3 is 10.6 Å². The molecule has 0 radical (unpaired) electrons. The van der Waals surface area contributed by atoms with Gasteiger partial charge in [0.25, 0.3) is 0 Å². The van der Waals surface area contributed by atoms with Crippen molar-refractivity contribution in [1.29, 1.82) is 0 Å². The Labute approximate surface area is 127 Å². The summed E-state index contributed by atoms with van der Waals surface area (Å²) in [6.07, 6.45) is 1.88. The van der Waals surface area contributed by atoms with Gasteiger partial charge in [-0.05, 0) is 30.4 Å². The lowest BCUT2D eigenvalue weighted by Gasteiger charge is -2.23. The van der Waals surface area contributed by atoms with E-state index in [0.29, 0.717) is 19.0 Å². The fourth-order valence-corrected chi connectivity index (χ4v) is 2.46. The molecule has 1 aromatic rings. The number of carbonyl (C=O) groups excluding carboxylic acids is 1. The Balaban J connectivity index is 0.00000200. The molecule has 1 aliphatic rings. The summed E-state index contributed by atoms with van der Waals surface area (Å²) in [6.45, 7) is 6.42. The van der Waals surface area contributed by atoms with Crippen molar-refractivity contribution in [2.24, 2.45) is 17.1 Å². The van der Waals surface area contributed by atoms with Crippen LogP contribution in [-0.2, 0) is 11.3 Å². The highest BCUT2D eigenvalue weighted by Gasteiger charge is 2.51. The number of amides is 1. The summed E-state index contributed by atoms with van der Waals surface area (Å²) in [5.41, 5.74) is 6.95. The molecule has 0 aromatic heterocycles. The van der Waals surface area contributed by atoms with E-state index in [4.69, 9.17) is 5.73 Å². The summed E-state index contributed by atoms with van der Waals surface area (Å²) >= 11 is 0. The topological polar surface area (TPSA) is 46.3 Å². The van der Waals surface area contributed by atoms with E-state index in [1.165, 1.54) is 5.56 Å². The first-order valence-corrected chi connectivity index (χ1v) is 7.07. The van der Waals surface area contributed by atoms with Crippen LogP contribution in [0.15, 0.2) is 30.3 Å². The van der Waals surface area contributed by atoms with Crippen molar-refractivity contribution in [3.8, 4) is 0 Å². The number of nitrogens with two attached hydrogens (primary N) is 1. The van der Waals surface area contributed by atoms with Crippen LogP contribution >= 0.6 is 12.4 Å². The van der Waals surface area contributed by atoms with Gasteiger partial charge in [-0.15, -0.1) is 12.4 Å². The van der Waals surface area contributed by atoms with E-state index in [9.17, 15) is 4.79 Å². The first-order chi connectivity index (χ1) is 9.04. The average molecular weight is 297 g/mol. The molecule has 0 aliphatic heterocycles. The number of nitrogens with zero attached hydrogens (tertiary/aromatic N) is 1. The molecule has 0 bridgehead atoms. The molecule has 1 fully saturated rings. The predicted octanol–water partition coefficient (Wildman–Crippen LogP) is 2.83. The zero-order valence-electron chi connectivity index (χ0n) is 12.3. The lowest BCUT2D eigenvalue weighted by molar-refractivity contribution is -0.134. The molecular formula is C16H25ClN2O. The maximum absolute atomic E-state index is 12.5. The Bertz CT molecular complexity index is 433. The smallest absolute Gasteiger partial charge is 0.226 e. The van der Waals surface area contributed by atoms with Crippen LogP contribution in [0.25, 0.3) is 0 Å². The van der Waals surface area contributed by atoms with Gasteiger partial charge in [-0.1, -0.05) is 44.2 Å². The minimum absolute atomic E-state index is 0. The van der Waals surface area contributed by atoms with Gasteiger partial charge >= 0.3 is 0 Å². The van der Waals surface area contributed by atoms with Crippen LogP contribution in [0, 0.1) is 11.3 Å². The van der Waals surface area contributed by atoms with Crippen molar-refractivity contribution in [1.82, 2.24) is 4.90 Å². The van der Waals surface area contributed by atoms with E-state index in [1.807, 2.05) is 23.1 Å². The van der Waals surface area contributed by atoms with Gasteiger partial charge in [0, 0.05) is 19.0 Å². The summed E-state index contributed by atoms with van der Waals surface area (Å²) in [5, 5.41) is 0. The summed E-state index contributed by atoms with van der Waals surface area (Å²) in [5.74, 6) is 0.497. The highest BCUT2D eigenvalue weighted by Crippen LogP contribution is 2.52. The van der Waals surface area contributed by atoms with Crippen molar-refractivity contribution < 1.29 is 4.79 Å². The van der Waals surface area contributed by atoms with Crippen LogP contribution in [0.3, 0.4) is 0 Å². The van der Waals surface area contributed by atoms with Gasteiger partial charge in [-0.25, -0.2) is 0 Å². The van der Waals surface area contributed by atoms with Crippen LogP contribution in [0.5, 0.6) is 0 Å². The fourth-order valence-electron chi connectivity index (χ4n) is 2.46. The molecule has 1 aromatic carbocycles. The van der Waals surface area contributed by atoms with Gasteiger partial charge in [0.2, 0.25) is 5.91 Å². The van der Waals surface area contributed by atoms with Gasteiger partial charge in [-0.2, -0.15) is 0 Å². The Kier molecular flexibility index (Phi) is 6.03. The van der Waals surface area contributed by atoms with Crippen molar-refractivity contribution in [2.75, 3.05) is 13.1 Å². The number of carbonyl (C=O) groups is 1. The molecule has 0 saturated heterocycles. The van der Waals surface area contributed by atoms with Crippen molar-refractivity contribution in [3.63, 3.8) is 0 Å². The first-order valence-electron chi connectivity index (χ1n) is 7.07. The second-order valence-corrected chi connectivity index (χ2v) is 6.13. The van der Waals surface area contributed by atoms with Crippen LogP contribution in [0.2, 0.25) is 0 Å². The maximum atomic E-state index is 12.5. The van der Waals surface area contributed by atoms with E-state index in [-0.39, 0.29) is 23.7 Å². The molecule has 1 aliphatic carbocycles. The van der Waals surface area contributed by atoms with Gasteiger partial charge in [0.1, 0.15) is 0 Å². The molecule has 2 N–H and O–H groups in total. The van der Waals surface area contributed by atoms with Gasteiger partial charge in [0.15, 0.2) is 0 Å². The molecule has 0 heterocycles. The quantitative estimate of drug-likeness (QED) is 0.877. The van der Waals surface area contributed by atoms with Gasteiger partial charge in [-0.3, -0.25) is 4.79 Å². The van der Waals surface area contributed by atoms with Gasteiger partial charge in [0.05, 0.1) is 0 Å². The lowest BCUT2D eigenvalue weighted by atomic mass is 10.1. The first kappa shape index (κ1) is 17.0. The van der Waals surface area contributed by atoms with E-state index in [0.717, 1.165) is 19.4 Å². The molecular weight excluding hydrogens is 272 g/mol. The van der Waals surface area contributed by atoms with E-state index >= 15 is 0 Å². The minimum Gasteiger partial charge on any atom is -0.338 e. The molecule has 1 unspecified atom stereocenters. The molecule has 3 nitrogen and oxygen atoms in total. The van der Waals surface area contributed by atoms with Crippen LogP contribution < -0.4 is 5.73 Å². The number of hydrogen-bond donors (Lipinski definition) is 1. The molecule has 4 heteroatoms. The third kappa shape index (κ3) is 4.22. The summed E-state index contributed by atoms with van der Waals surface area (Å²) in [4.78, 5) is 14.5. The normalized spacial score (nSPS) is 19.1. The zero-order chi connectivity index (χ0) is 13.9.